The molecule has 1 saturated heterocycles. The fraction of sp³-hybridized carbons (Fsp3) is 0.484. The summed E-state index contributed by atoms with van der Waals surface area (Å²) in [6, 6.07) is 11.6. The number of carbonyl (C=O) groups is 4. The summed E-state index contributed by atoms with van der Waals surface area (Å²) in [5.41, 5.74) is -0.594. The van der Waals surface area contributed by atoms with Crippen LogP contribution < -0.4 is 10.6 Å². The lowest BCUT2D eigenvalue weighted by molar-refractivity contribution is -0.150. The van der Waals surface area contributed by atoms with Gasteiger partial charge in [0, 0.05) is 27.6 Å². The van der Waals surface area contributed by atoms with Crippen LogP contribution in [0.2, 0.25) is 28.2 Å². The van der Waals surface area contributed by atoms with Crippen LogP contribution in [0.3, 0.4) is 0 Å². The van der Waals surface area contributed by atoms with Gasteiger partial charge in [0.05, 0.1) is 13.2 Å². The predicted octanol–water partition coefficient (Wildman–Crippen LogP) is 7.01. The molecule has 15 heteroatoms. The van der Waals surface area contributed by atoms with Crippen LogP contribution in [0.4, 0.5) is 9.59 Å². The van der Waals surface area contributed by atoms with Crippen LogP contribution in [0.1, 0.15) is 57.5 Å². The zero-order valence-electron chi connectivity index (χ0n) is 27.3. The van der Waals surface area contributed by atoms with E-state index < -0.39 is 56.2 Å². The summed E-state index contributed by atoms with van der Waals surface area (Å²) in [5.74, 6) is -1.29. The highest BCUT2D eigenvalue weighted by atomic mass is 35.5. The molecular formula is C31H42Cl2N4O7SSi. The third-order valence-electron chi connectivity index (χ3n) is 7.31. The average molecular weight is 714 g/mol. The van der Waals surface area contributed by atoms with Crippen LogP contribution >= 0.6 is 35.1 Å². The van der Waals surface area contributed by atoms with E-state index in [0.717, 1.165) is 17.5 Å². The first kappa shape index (κ1) is 37.5. The Kier molecular flexibility index (Phi) is 12.5. The molecule has 1 heterocycles. The molecule has 2 N–H and O–H groups in total. The fourth-order valence-electron chi connectivity index (χ4n) is 3.71. The molecule has 0 radical (unpaired) electrons. The maximum atomic E-state index is 13.6. The first-order valence-electron chi connectivity index (χ1n) is 14.6. The van der Waals surface area contributed by atoms with E-state index in [4.69, 9.17) is 37.1 Å². The SMILES string of the molecule is CC(C)(C)OC(=O)NC(CO[Si](C)(C)C(C)(C)C)C(=O)OCN1C(=O)N(Cc2ccc(Cl)cc2)SC1NC(=O)c1ccc(Cl)cc1. The van der Waals surface area contributed by atoms with Crippen molar-refractivity contribution in [3.8, 4) is 0 Å². The van der Waals surface area contributed by atoms with Crippen molar-refractivity contribution < 1.29 is 33.1 Å². The zero-order valence-corrected chi connectivity index (χ0v) is 30.6. The molecule has 2 aromatic rings. The molecule has 0 bridgehead atoms. The van der Waals surface area contributed by atoms with Gasteiger partial charge in [0.15, 0.2) is 26.6 Å². The third kappa shape index (κ3) is 10.8. The molecule has 1 fully saturated rings. The highest BCUT2D eigenvalue weighted by molar-refractivity contribution is 7.98. The Labute approximate surface area is 285 Å². The molecule has 4 amide bonds. The van der Waals surface area contributed by atoms with E-state index in [2.05, 4.69) is 31.4 Å². The molecular weight excluding hydrogens is 671 g/mol. The smallest absolute Gasteiger partial charge is 0.408 e. The van der Waals surface area contributed by atoms with Crippen molar-refractivity contribution >= 4 is 67.5 Å². The topological polar surface area (TPSA) is 127 Å². The normalized spacial score (nSPS) is 16.2. The number of carbonyl (C=O) groups excluding carboxylic acids is 4. The largest absolute Gasteiger partial charge is 0.444 e. The van der Waals surface area contributed by atoms with E-state index in [1.54, 1.807) is 69.3 Å². The fourth-order valence-corrected chi connectivity index (χ4v) is 6.06. The van der Waals surface area contributed by atoms with Gasteiger partial charge in [-0.25, -0.2) is 14.4 Å². The minimum Gasteiger partial charge on any atom is -0.444 e. The van der Waals surface area contributed by atoms with Crippen LogP contribution in [0, 0.1) is 0 Å². The second-order valence-corrected chi connectivity index (χ2v) is 20.0. The number of ether oxygens (including phenoxy) is 2. The summed E-state index contributed by atoms with van der Waals surface area (Å²) in [7, 11) is -2.32. The summed E-state index contributed by atoms with van der Waals surface area (Å²) in [5, 5.41) is 6.23. The van der Waals surface area contributed by atoms with E-state index in [-0.39, 0.29) is 18.2 Å². The first-order valence-corrected chi connectivity index (χ1v) is 19.1. The quantitative estimate of drug-likeness (QED) is 0.145. The highest BCUT2D eigenvalue weighted by Gasteiger charge is 2.42. The van der Waals surface area contributed by atoms with Gasteiger partial charge >= 0.3 is 18.1 Å². The number of halogens is 2. The van der Waals surface area contributed by atoms with Gasteiger partial charge in [0.2, 0.25) is 0 Å². The predicted molar refractivity (Wildman–Crippen MR) is 182 cm³/mol. The minimum atomic E-state index is -2.32. The number of amides is 4. The molecule has 1 aliphatic rings. The Morgan fingerprint density at radius 1 is 0.957 bits per heavy atom. The van der Waals surface area contributed by atoms with Crippen molar-refractivity contribution in [3.05, 3.63) is 69.7 Å². The monoisotopic (exact) mass is 712 g/mol. The van der Waals surface area contributed by atoms with Crippen molar-refractivity contribution in [2.45, 2.75) is 83.4 Å². The van der Waals surface area contributed by atoms with E-state index in [9.17, 15) is 19.2 Å². The number of alkyl carbamates (subject to hydrolysis) is 1. The van der Waals surface area contributed by atoms with Gasteiger partial charge < -0.3 is 24.5 Å². The molecule has 2 atom stereocenters. The van der Waals surface area contributed by atoms with Crippen molar-refractivity contribution in [1.29, 1.82) is 0 Å². The maximum absolute atomic E-state index is 13.6. The maximum Gasteiger partial charge on any atom is 0.408 e. The van der Waals surface area contributed by atoms with E-state index in [0.29, 0.717) is 15.6 Å². The molecule has 252 valence electrons. The molecule has 3 rings (SSSR count). The molecule has 0 saturated carbocycles. The summed E-state index contributed by atoms with van der Waals surface area (Å²) in [4.78, 5) is 54.0. The number of hydrogen-bond donors (Lipinski definition) is 2. The molecule has 2 aromatic carbocycles. The summed E-state index contributed by atoms with van der Waals surface area (Å²) >= 11 is 13.1. The van der Waals surface area contributed by atoms with Gasteiger partial charge in [0.25, 0.3) is 5.91 Å². The number of hydrogen-bond acceptors (Lipinski definition) is 8. The molecule has 0 aliphatic carbocycles. The lowest BCUT2D eigenvalue weighted by atomic mass is 10.2. The molecule has 1 aliphatic heterocycles. The lowest BCUT2D eigenvalue weighted by Crippen LogP contribution is -2.52. The first-order chi connectivity index (χ1) is 21.3. The molecule has 2 unspecified atom stereocenters. The van der Waals surface area contributed by atoms with Crippen LogP contribution in [0.25, 0.3) is 0 Å². The van der Waals surface area contributed by atoms with Gasteiger partial charge in [-0.3, -0.25) is 14.0 Å². The number of benzene rings is 2. The number of rotatable bonds is 11. The summed E-state index contributed by atoms with van der Waals surface area (Å²) < 4.78 is 18.6. The molecule has 0 aromatic heterocycles. The molecule has 0 spiro atoms. The van der Waals surface area contributed by atoms with Crippen LogP contribution in [0.15, 0.2) is 48.5 Å². The average Bonchev–Trinajstić information content (AvgIpc) is 3.22. The standard InChI is InChI=1S/C31H42Cl2N4O7SSi/c1-30(2,3)44-28(40)34-24(18-43-46(7,8)31(4,5)6)26(39)42-19-36-27(35-25(38)21-11-15-23(33)16-12-21)45-37(29(36)41)17-20-9-13-22(32)14-10-20/h9-16,24,27H,17-19H2,1-8H3,(H,34,40)(H,35,38). The Morgan fingerprint density at radius 2 is 1.52 bits per heavy atom. The van der Waals surface area contributed by atoms with Gasteiger partial charge in [-0.15, -0.1) is 0 Å². The van der Waals surface area contributed by atoms with Gasteiger partial charge in [-0.05, 0) is 80.9 Å². The number of nitrogens with one attached hydrogen (secondary N) is 2. The molecule has 46 heavy (non-hydrogen) atoms. The second kappa shape index (κ2) is 15.3. The van der Waals surface area contributed by atoms with Crippen molar-refractivity contribution in [3.63, 3.8) is 0 Å². The number of esters is 1. The van der Waals surface area contributed by atoms with Crippen molar-refractivity contribution in [1.82, 2.24) is 19.8 Å². The third-order valence-corrected chi connectivity index (χ3v) is 13.4. The second-order valence-electron chi connectivity index (χ2n) is 13.2. The number of urea groups is 1. The van der Waals surface area contributed by atoms with Gasteiger partial charge in [-0.1, -0.05) is 56.1 Å². The number of nitrogens with zero attached hydrogens (tertiary/aromatic N) is 2. The van der Waals surface area contributed by atoms with Gasteiger partial charge in [0.1, 0.15) is 5.60 Å². The zero-order chi connectivity index (χ0) is 34.4. The van der Waals surface area contributed by atoms with E-state index in [1.165, 1.54) is 9.21 Å². The Bertz CT molecular complexity index is 1400. The highest BCUT2D eigenvalue weighted by Crippen LogP contribution is 2.36. The van der Waals surface area contributed by atoms with Crippen molar-refractivity contribution in [2.75, 3.05) is 13.3 Å². The lowest BCUT2D eigenvalue weighted by Gasteiger charge is -2.37. The van der Waals surface area contributed by atoms with Crippen molar-refractivity contribution in [2.24, 2.45) is 0 Å². The van der Waals surface area contributed by atoms with Crippen LogP contribution in [0.5, 0.6) is 0 Å². The Balaban J connectivity index is 1.79. The van der Waals surface area contributed by atoms with E-state index >= 15 is 0 Å². The van der Waals surface area contributed by atoms with Gasteiger partial charge in [-0.2, -0.15) is 0 Å². The Morgan fingerprint density at radius 3 is 2.07 bits per heavy atom. The van der Waals surface area contributed by atoms with Crippen LogP contribution in [-0.2, 0) is 25.2 Å². The van der Waals surface area contributed by atoms with E-state index in [1.807, 2.05) is 13.1 Å². The summed E-state index contributed by atoms with van der Waals surface area (Å²) in [6.07, 6.45) is -0.816. The summed E-state index contributed by atoms with van der Waals surface area (Å²) in [6.45, 7) is 14.8. The Hall–Kier alpha value is -2.97. The molecule has 11 nitrogen and oxygen atoms in total. The van der Waals surface area contributed by atoms with Crippen LogP contribution in [-0.4, -0.2) is 72.0 Å². The minimum absolute atomic E-state index is 0.156.